The molecule has 0 aliphatic heterocycles. The summed E-state index contributed by atoms with van der Waals surface area (Å²) in [6, 6.07) is 4.32. The van der Waals surface area contributed by atoms with Gasteiger partial charge in [-0.05, 0) is 24.8 Å². The van der Waals surface area contributed by atoms with E-state index in [0.717, 1.165) is 25.1 Å². The molecule has 0 radical (unpaired) electrons. The summed E-state index contributed by atoms with van der Waals surface area (Å²) in [7, 11) is 0. The van der Waals surface area contributed by atoms with Crippen molar-refractivity contribution in [2.75, 3.05) is 0 Å². The lowest BCUT2D eigenvalue weighted by atomic mass is 9.90. The first kappa shape index (κ1) is 13.0. The van der Waals surface area contributed by atoms with Gasteiger partial charge in [-0.1, -0.05) is 26.8 Å². The summed E-state index contributed by atoms with van der Waals surface area (Å²) in [5, 5.41) is 0. The monoisotopic (exact) mass is 224 g/mol. The van der Waals surface area contributed by atoms with Crippen LogP contribution in [0.5, 0.6) is 5.88 Å². The Labute approximate surface area is 99.5 Å². The zero-order valence-electron chi connectivity index (χ0n) is 10.4. The number of rotatable bonds is 3. The Balaban J connectivity index is 0.000000811. The molecule has 1 saturated carbocycles. The second-order valence-corrected chi connectivity index (χ2v) is 3.83. The molecule has 16 heavy (non-hydrogen) atoms. The molecule has 3 heteroatoms. The van der Waals surface area contributed by atoms with Crippen molar-refractivity contribution >= 4 is 0 Å². The van der Waals surface area contributed by atoms with Crippen molar-refractivity contribution in [1.29, 1.82) is 0 Å². The Morgan fingerprint density at radius 1 is 1.44 bits per heavy atom. The van der Waals surface area contributed by atoms with Crippen molar-refractivity contribution in [3.8, 4) is 5.88 Å². The third kappa shape index (κ3) is 3.49. The van der Waals surface area contributed by atoms with E-state index in [-0.39, 0.29) is 7.53 Å². The van der Waals surface area contributed by atoms with Crippen LogP contribution in [-0.4, -0.2) is 17.1 Å². The van der Waals surface area contributed by atoms with E-state index in [0.29, 0.717) is 6.04 Å². The topological polar surface area (TPSA) is 48.1 Å². The molecule has 0 spiro atoms. The van der Waals surface area contributed by atoms with Crippen LogP contribution in [0.15, 0.2) is 18.3 Å². The molecule has 2 N–H and O–H groups in total. The molecule has 1 aromatic rings. The summed E-state index contributed by atoms with van der Waals surface area (Å²) in [4.78, 5) is 4.23. The molecule has 0 bridgehead atoms. The summed E-state index contributed by atoms with van der Waals surface area (Å²) >= 11 is 0. The third-order valence-corrected chi connectivity index (χ3v) is 2.62. The van der Waals surface area contributed by atoms with Gasteiger partial charge < -0.3 is 10.5 Å². The maximum absolute atomic E-state index is 5.67. The minimum Gasteiger partial charge on any atom is -0.474 e. The Kier molecular flexibility index (Phi) is 5.26. The van der Waals surface area contributed by atoms with Gasteiger partial charge in [0.1, 0.15) is 6.10 Å². The summed E-state index contributed by atoms with van der Waals surface area (Å²) in [5.74, 6) is 0.721. The molecule has 2 rings (SSSR count). The van der Waals surface area contributed by atoms with Crippen LogP contribution < -0.4 is 10.5 Å². The van der Waals surface area contributed by atoms with Gasteiger partial charge in [0.2, 0.25) is 5.88 Å². The van der Waals surface area contributed by atoms with Gasteiger partial charge in [-0.3, -0.25) is 0 Å². The molecule has 0 unspecified atom stereocenters. The number of ether oxygens (including phenoxy) is 1. The standard InChI is InChI=1S/C11H16N2O.C2H6.H2/c1-2-8-3-4-11(13-7-8)14-10-5-9(12)6-10;1-2;/h3-4,7,9-10H,2,5-6,12H2,1H3;1-2H3;1H. The molecule has 3 nitrogen and oxygen atoms in total. The Bertz CT molecular complexity index is 297. The molecule has 0 amide bonds. The van der Waals surface area contributed by atoms with E-state index in [2.05, 4.69) is 18.0 Å². The molecule has 0 saturated heterocycles. The SMILES string of the molecule is CC.CCc1ccc(OC2CC(N)C2)nc1.[HH]. The number of aromatic nitrogens is 1. The highest BCUT2D eigenvalue weighted by atomic mass is 16.5. The van der Waals surface area contributed by atoms with Crippen LogP contribution >= 0.6 is 0 Å². The fourth-order valence-corrected chi connectivity index (χ4v) is 1.56. The molecule has 1 fully saturated rings. The minimum atomic E-state index is 0. The van der Waals surface area contributed by atoms with Gasteiger partial charge in [-0.2, -0.15) is 0 Å². The summed E-state index contributed by atoms with van der Waals surface area (Å²) in [6.07, 6.45) is 5.08. The molecule has 1 aliphatic carbocycles. The summed E-state index contributed by atoms with van der Waals surface area (Å²) < 4.78 is 5.63. The highest BCUT2D eigenvalue weighted by molar-refractivity contribution is 5.18. The number of aryl methyl sites for hydroxylation is 1. The average Bonchev–Trinajstić information content (AvgIpc) is 2.31. The fraction of sp³-hybridized carbons (Fsp3) is 0.615. The van der Waals surface area contributed by atoms with Gasteiger partial charge in [0.25, 0.3) is 0 Å². The Hall–Kier alpha value is -1.09. The number of nitrogens with zero attached hydrogens (tertiary/aromatic N) is 1. The first-order valence-electron chi connectivity index (χ1n) is 6.15. The Morgan fingerprint density at radius 3 is 2.56 bits per heavy atom. The highest BCUT2D eigenvalue weighted by Gasteiger charge is 2.27. The quantitative estimate of drug-likeness (QED) is 0.858. The van der Waals surface area contributed by atoms with Crippen molar-refractivity contribution in [2.24, 2.45) is 5.73 Å². The van der Waals surface area contributed by atoms with Crippen molar-refractivity contribution < 1.29 is 6.16 Å². The number of hydrogen-bond acceptors (Lipinski definition) is 3. The van der Waals surface area contributed by atoms with Gasteiger partial charge in [0, 0.05) is 19.7 Å². The van der Waals surface area contributed by atoms with E-state index in [1.54, 1.807) is 0 Å². The molecular weight excluding hydrogens is 200 g/mol. The van der Waals surface area contributed by atoms with Crippen molar-refractivity contribution in [3.63, 3.8) is 0 Å². The van der Waals surface area contributed by atoms with Crippen LogP contribution in [0.3, 0.4) is 0 Å². The van der Waals surface area contributed by atoms with Crippen LogP contribution in [0.2, 0.25) is 0 Å². The number of hydrogen-bond donors (Lipinski definition) is 1. The lowest BCUT2D eigenvalue weighted by Gasteiger charge is -2.32. The zero-order valence-corrected chi connectivity index (χ0v) is 10.4. The summed E-state index contributed by atoms with van der Waals surface area (Å²) in [6.45, 7) is 6.11. The fourth-order valence-electron chi connectivity index (χ4n) is 1.56. The van der Waals surface area contributed by atoms with Crippen molar-refractivity contribution in [3.05, 3.63) is 23.9 Å². The van der Waals surface area contributed by atoms with E-state index in [1.165, 1.54) is 5.56 Å². The minimum absolute atomic E-state index is 0. The van der Waals surface area contributed by atoms with E-state index < -0.39 is 0 Å². The molecular formula is C13H24N2O. The normalized spacial score (nSPS) is 22.8. The summed E-state index contributed by atoms with van der Waals surface area (Å²) in [5.41, 5.74) is 6.91. The first-order valence-corrected chi connectivity index (χ1v) is 6.15. The molecule has 1 heterocycles. The first-order chi connectivity index (χ1) is 7.78. The van der Waals surface area contributed by atoms with E-state index >= 15 is 0 Å². The van der Waals surface area contributed by atoms with Crippen LogP contribution in [0.1, 0.15) is 40.6 Å². The van der Waals surface area contributed by atoms with Crippen LogP contribution in [0, 0.1) is 0 Å². The van der Waals surface area contributed by atoms with Gasteiger partial charge in [0.15, 0.2) is 0 Å². The lowest BCUT2D eigenvalue weighted by Crippen LogP contribution is -2.43. The second-order valence-electron chi connectivity index (χ2n) is 3.83. The van der Waals surface area contributed by atoms with Crippen molar-refractivity contribution in [1.82, 2.24) is 4.98 Å². The molecule has 1 aliphatic rings. The van der Waals surface area contributed by atoms with Crippen LogP contribution in [0.25, 0.3) is 0 Å². The molecule has 92 valence electrons. The predicted octanol–water partition coefficient (Wildman–Crippen LogP) is 2.78. The lowest BCUT2D eigenvalue weighted by molar-refractivity contribution is 0.0958. The largest absolute Gasteiger partial charge is 0.474 e. The van der Waals surface area contributed by atoms with Gasteiger partial charge in [-0.15, -0.1) is 0 Å². The van der Waals surface area contributed by atoms with Crippen LogP contribution in [0.4, 0.5) is 0 Å². The Morgan fingerprint density at radius 2 is 2.12 bits per heavy atom. The smallest absolute Gasteiger partial charge is 0.213 e. The van der Waals surface area contributed by atoms with E-state index in [4.69, 9.17) is 10.5 Å². The maximum Gasteiger partial charge on any atom is 0.213 e. The third-order valence-electron chi connectivity index (χ3n) is 2.62. The van der Waals surface area contributed by atoms with Gasteiger partial charge in [-0.25, -0.2) is 4.98 Å². The number of pyridine rings is 1. The van der Waals surface area contributed by atoms with Crippen LogP contribution in [-0.2, 0) is 6.42 Å². The predicted molar refractivity (Wildman–Crippen MR) is 68.7 cm³/mol. The van der Waals surface area contributed by atoms with E-state index in [9.17, 15) is 0 Å². The van der Waals surface area contributed by atoms with Crippen molar-refractivity contribution in [2.45, 2.75) is 52.2 Å². The maximum atomic E-state index is 5.67. The second kappa shape index (κ2) is 6.48. The zero-order chi connectivity index (χ0) is 12.0. The molecule has 0 aromatic carbocycles. The number of nitrogens with two attached hydrogens (primary N) is 1. The molecule has 0 atom stereocenters. The van der Waals surface area contributed by atoms with Gasteiger partial charge >= 0.3 is 0 Å². The molecule has 1 aromatic heterocycles. The highest BCUT2D eigenvalue weighted by Crippen LogP contribution is 2.23. The average molecular weight is 224 g/mol. The van der Waals surface area contributed by atoms with Gasteiger partial charge in [0.05, 0.1) is 0 Å². The van der Waals surface area contributed by atoms with E-state index in [1.807, 2.05) is 26.1 Å².